The van der Waals surface area contributed by atoms with Crippen LogP contribution in [0.5, 0.6) is 5.75 Å². The molecule has 0 aliphatic carbocycles. The van der Waals surface area contributed by atoms with E-state index in [4.69, 9.17) is 10.5 Å². The van der Waals surface area contributed by atoms with Crippen LogP contribution in [0.4, 0.5) is 0 Å². The zero-order valence-electron chi connectivity index (χ0n) is 10.4. The van der Waals surface area contributed by atoms with Gasteiger partial charge >= 0.3 is 0 Å². The smallest absolute Gasteiger partial charge is 0.253 e. The van der Waals surface area contributed by atoms with Gasteiger partial charge in [0, 0.05) is 31.1 Å². The van der Waals surface area contributed by atoms with Gasteiger partial charge in [0.15, 0.2) is 0 Å². The summed E-state index contributed by atoms with van der Waals surface area (Å²) in [6, 6.07) is 5.84. The van der Waals surface area contributed by atoms with Crippen LogP contribution in [0.25, 0.3) is 0 Å². The highest BCUT2D eigenvalue weighted by Crippen LogP contribution is 2.26. The molecule has 4 nitrogen and oxygen atoms in total. The van der Waals surface area contributed by atoms with Crippen molar-refractivity contribution in [1.29, 1.82) is 0 Å². The maximum atomic E-state index is 12.4. The zero-order valence-corrected chi connectivity index (χ0v) is 10.4. The summed E-state index contributed by atoms with van der Waals surface area (Å²) in [7, 11) is 0. The lowest BCUT2D eigenvalue weighted by Gasteiger charge is -2.30. The minimum absolute atomic E-state index is 0.0971. The van der Waals surface area contributed by atoms with E-state index in [0.717, 1.165) is 49.3 Å². The van der Waals surface area contributed by atoms with Gasteiger partial charge in [0.1, 0.15) is 5.75 Å². The van der Waals surface area contributed by atoms with Crippen molar-refractivity contribution in [3.05, 3.63) is 29.3 Å². The third kappa shape index (κ3) is 2.08. The van der Waals surface area contributed by atoms with Crippen molar-refractivity contribution in [1.82, 2.24) is 4.90 Å². The molecule has 96 valence electrons. The molecule has 4 heteroatoms. The lowest BCUT2D eigenvalue weighted by Crippen LogP contribution is -2.45. The fourth-order valence-corrected chi connectivity index (χ4v) is 2.70. The molecule has 1 atom stereocenters. The van der Waals surface area contributed by atoms with Gasteiger partial charge in [0.2, 0.25) is 0 Å². The SMILES string of the molecule is NC1CCCN(C(=O)c2ccc3c(c2)CCO3)C1. The van der Waals surface area contributed by atoms with E-state index in [0.29, 0.717) is 6.54 Å². The van der Waals surface area contributed by atoms with E-state index in [1.807, 2.05) is 23.1 Å². The van der Waals surface area contributed by atoms with Crippen molar-refractivity contribution in [2.24, 2.45) is 5.73 Å². The minimum atomic E-state index is 0.0971. The molecule has 1 aromatic rings. The Labute approximate surface area is 107 Å². The molecular formula is C14H18N2O2. The number of amides is 1. The van der Waals surface area contributed by atoms with Crippen LogP contribution in [0.2, 0.25) is 0 Å². The number of fused-ring (bicyclic) bond motifs is 1. The van der Waals surface area contributed by atoms with E-state index in [1.54, 1.807) is 0 Å². The van der Waals surface area contributed by atoms with Crippen molar-refractivity contribution >= 4 is 5.91 Å². The molecule has 2 N–H and O–H groups in total. The lowest BCUT2D eigenvalue weighted by atomic mass is 10.0. The predicted octanol–water partition coefficient (Wildman–Crippen LogP) is 1.18. The number of benzene rings is 1. The second-order valence-corrected chi connectivity index (χ2v) is 5.07. The van der Waals surface area contributed by atoms with Crippen molar-refractivity contribution in [2.45, 2.75) is 25.3 Å². The Balaban J connectivity index is 1.79. The molecule has 0 bridgehead atoms. The number of hydrogen-bond donors (Lipinski definition) is 1. The molecule has 2 aliphatic rings. The molecule has 0 spiro atoms. The van der Waals surface area contributed by atoms with Crippen molar-refractivity contribution < 1.29 is 9.53 Å². The van der Waals surface area contributed by atoms with Crippen LogP contribution < -0.4 is 10.5 Å². The summed E-state index contributed by atoms with van der Waals surface area (Å²) in [5.74, 6) is 1.02. The molecule has 2 aliphatic heterocycles. The number of carbonyl (C=O) groups is 1. The van der Waals surface area contributed by atoms with E-state index in [-0.39, 0.29) is 11.9 Å². The highest BCUT2D eigenvalue weighted by Gasteiger charge is 2.23. The van der Waals surface area contributed by atoms with E-state index < -0.39 is 0 Å². The maximum Gasteiger partial charge on any atom is 0.253 e. The first kappa shape index (κ1) is 11.5. The molecule has 1 amide bonds. The van der Waals surface area contributed by atoms with Gasteiger partial charge < -0.3 is 15.4 Å². The first-order chi connectivity index (χ1) is 8.74. The van der Waals surface area contributed by atoms with Crippen LogP contribution in [0.3, 0.4) is 0 Å². The first-order valence-electron chi connectivity index (χ1n) is 6.54. The predicted molar refractivity (Wildman–Crippen MR) is 68.8 cm³/mol. The Bertz CT molecular complexity index is 473. The molecule has 1 fully saturated rings. The molecule has 0 aromatic heterocycles. The Morgan fingerprint density at radius 1 is 1.44 bits per heavy atom. The summed E-state index contributed by atoms with van der Waals surface area (Å²) >= 11 is 0. The van der Waals surface area contributed by atoms with Crippen molar-refractivity contribution in [3.8, 4) is 5.75 Å². The monoisotopic (exact) mass is 246 g/mol. The normalized spacial score (nSPS) is 22.5. The lowest BCUT2D eigenvalue weighted by molar-refractivity contribution is 0.0708. The fourth-order valence-electron chi connectivity index (χ4n) is 2.70. The summed E-state index contributed by atoms with van der Waals surface area (Å²) < 4.78 is 5.45. The minimum Gasteiger partial charge on any atom is -0.493 e. The Morgan fingerprint density at radius 3 is 3.17 bits per heavy atom. The number of hydrogen-bond acceptors (Lipinski definition) is 3. The molecule has 1 saturated heterocycles. The average molecular weight is 246 g/mol. The van der Waals surface area contributed by atoms with Gasteiger partial charge in [-0.05, 0) is 36.6 Å². The number of carbonyl (C=O) groups excluding carboxylic acids is 1. The topological polar surface area (TPSA) is 55.6 Å². The third-order valence-corrected chi connectivity index (χ3v) is 3.68. The summed E-state index contributed by atoms with van der Waals surface area (Å²) in [6.45, 7) is 2.22. The number of nitrogens with two attached hydrogens (primary N) is 1. The highest BCUT2D eigenvalue weighted by atomic mass is 16.5. The molecule has 0 radical (unpaired) electrons. The van der Waals surface area contributed by atoms with E-state index in [9.17, 15) is 4.79 Å². The average Bonchev–Trinajstić information content (AvgIpc) is 2.85. The first-order valence-corrected chi connectivity index (χ1v) is 6.54. The summed E-state index contributed by atoms with van der Waals surface area (Å²) in [6.07, 6.45) is 2.92. The largest absolute Gasteiger partial charge is 0.493 e. The molecule has 3 rings (SSSR count). The third-order valence-electron chi connectivity index (χ3n) is 3.68. The van der Waals surface area contributed by atoms with Crippen LogP contribution in [-0.4, -0.2) is 36.5 Å². The molecule has 18 heavy (non-hydrogen) atoms. The highest BCUT2D eigenvalue weighted by molar-refractivity contribution is 5.94. The molecule has 1 aromatic carbocycles. The number of rotatable bonds is 1. The van der Waals surface area contributed by atoms with E-state index in [2.05, 4.69) is 0 Å². The van der Waals surface area contributed by atoms with Gasteiger partial charge in [-0.1, -0.05) is 0 Å². The summed E-state index contributed by atoms with van der Waals surface area (Å²) in [5.41, 5.74) is 7.82. The summed E-state index contributed by atoms with van der Waals surface area (Å²) in [5, 5.41) is 0. The van der Waals surface area contributed by atoms with E-state index >= 15 is 0 Å². The number of piperidine rings is 1. The van der Waals surface area contributed by atoms with Crippen LogP contribution in [0.15, 0.2) is 18.2 Å². The van der Waals surface area contributed by atoms with Gasteiger partial charge in [-0.15, -0.1) is 0 Å². The fraction of sp³-hybridized carbons (Fsp3) is 0.500. The molecule has 2 heterocycles. The molecular weight excluding hydrogens is 228 g/mol. The number of nitrogens with zero attached hydrogens (tertiary/aromatic N) is 1. The van der Waals surface area contributed by atoms with Gasteiger partial charge in [-0.2, -0.15) is 0 Å². The second kappa shape index (κ2) is 4.61. The van der Waals surface area contributed by atoms with Gasteiger partial charge in [-0.3, -0.25) is 4.79 Å². The number of ether oxygens (including phenoxy) is 1. The van der Waals surface area contributed by atoms with Crippen molar-refractivity contribution in [3.63, 3.8) is 0 Å². The van der Waals surface area contributed by atoms with Crippen LogP contribution in [-0.2, 0) is 6.42 Å². The quantitative estimate of drug-likeness (QED) is 0.809. The van der Waals surface area contributed by atoms with E-state index in [1.165, 1.54) is 0 Å². The van der Waals surface area contributed by atoms with Gasteiger partial charge in [-0.25, -0.2) is 0 Å². The maximum absolute atomic E-state index is 12.4. The molecule has 0 saturated carbocycles. The van der Waals surface area contributed by atoms with Gasteiger partial charge in [0.25, 0.3) is 5.91 Å². The Morgan fingerprint density at radius 2 is 2.33 bits per heavy atom. The number of likely N-dealkylation sites (tertiary alicyclic amines) is 1. The van der Waals surface area contributed by atoms with Crippen molar-refractivity contribution in [2.75, 3.05) is 19.7 Å². The Hall–Kier alpha value is -1.55. The second-order valence-electron chi connectivity index (χ2n) is 5.07. The Kier molecular flexibility index (Phi) is 2.96. The van der Waals surface area contributed by atoms with Crippen LogP contribution in [0.1, 0.15) is 28.8 Å². The van der Waals surface area contributed by atoms with Crippen LogP contribution in [0, 0.1) is 0 Å². The zero-order chi connectivity index (χ0) is 12.5. The standard InChI is InChI=1S/C14H18N2O2/c15-12-2-1-6-16(9-12)14(17)11-3-4-13-10(8-11)5-7-18-13/h3-4,8,12H,1-2,5-7,9,15H2. The van der Waals surface area contributed by atoms with Crippen LogP contribution >= 0.6 is 0 Å². The molecule has 1 unspecified atom stereocenters. The summed E-state index contributed by atoms with van der Waals surface area (Å²) in [4.78, 5) is 14.2. The van der Waals surface area contributed by atoms with Gasteiger partial charge in [0.05, 0.1) is 6.61 Å².